The van der Waals surface area contributed by atoms with E-state index in [1.807, 2.05) is 0 Å². The van der Waals surface area contributed by atoms with E-state index in [1.54, 1.807) is 56.3 Å². The van der Waals surface area contributed by atoms with Crippen molar-refractivity contribution in [3.8, 4) is 5.75 Å². The lowest BCUT2D eigenvalue weighted by Gasteiger charge is -2.16. The van der Waals surface area contributed by atoms with Crippen LogP contribution in [-0.4, -0.2) is 44.0 Å². The number of ether oxygens (including phenoxy) is 1. The Bertz CT molecular complexity index is 879. The molecule has 3 N–H and O–H groups in total. The van der Waals surface area contributed by atoms with Gasteiger partial charge in [0.1, 0.15) is 11.8 Å². The Labute approximate surface area is 152 Å². The predicted molar refractivity (Wildman–Crippen MR) is 99.7 cm³/mol. The molecule has 2 aromatic rings. The average molecular weight is 381 g/mol. The van der Waals surface area contributed by atoms with Gasteiger partial charge >= 0.3 is 0 Å². The number of likely N-dealkylation sites (N-methyl/N-ethyl adjacent to an activating group) is 1. The van der Waals surface area contributed by atoms with E-state index in [1.165, 1.54) is 7.11 Å². The van der Waals surface area contributed by atoms with Crippen LogP contribution in [-0.2, 0) is 21.9 Å². The largest absolute Gasteiger partial charge is 0.494 e. The van der Waals surface area contributed by atoms with Crippen LogP contribution in [0.5, 0.6) is 5.75 Å². The first kappa shape index (κ1) is 19.7. The zero-order chi connectivity index (χ0) is 19.3. The monoisotopic (exact) mass is 381 g/mol. The van der Waals surface area contributed by atoms with E-state index in [2.05, 4.69) is 20.5 Å². The molecule has 1 amide bonds. The fraction of sp³-hybridized carbons (Fsp3) is 0.375. The van der Waals surface area contributed by atoms with E-state index in [0.29, 0.717) is 17.1 Å². The van der Waals surface area contributed by atoms with Gasteiger partial charge in [0.2, 0.25) is 15.9 Å². The molecule has 0 saturated carbocycles. The third-order valence-electron chi connectivity index (χ3n) is 3.72. The molecule has 1 unspecified atom stereocenters. The Morgan fingerprint density at radius 1 is 1.38 bits per heavy atom. The summed E-state index contributed by atoms with van der Waals surface area (Å²) in [4.78, 5) is 12.6. The fourth-order valence-electron chi connectivity index (χ4n) is 2.35. The van der Waals surface area contributed by atoms with E-state index in [4.69, 9.17) is 4.74 Å². The normalized spacial score (nSPS) is 12.5. The lowest BCUT2D eigenvalue weighted by molar-refractivity contribution is -0.118. The summed E-state index contributed by atoms with van der Waals surface area (Å²) >= 11 is 0. The number of aromatic nitrogens is 2. The number of benzene rings is 1. The van der Waals surface area contributed by atoms with Gasteiger partial charge in [-0.05, 0) is 26.1 Å². The number of anilines is 2. The Morgan fingerprint density at radius 3 is 2.65 bits per heavy atom. The number of rotatable bonds is 8. The zero-order valence-corrected chi connectivity index (χ0v) is 15.9. The van der Waals surface area contributed by atoms with Gasteiger partial charge in [0.15, 0.2) is 0 Å². The molecule has 0 saturated heterocycles. The number of amides is 1. The predicted octanol–water partition coefficient (Wildman–Crippen LogP) is 1.09. The quantitative estimate of drug-likeness (QED) is 0.631. The number of carbonyl (C=O) groups is 1. The number of aryl methyl sites for hydroxylation is 1. The van der Waals surface area contributed by atoms with E-state index in [0.717, 1.165) is 5.56 Å². The summed E-state index contributed by atoms with van der Waals surface area (Å²) in [6.45, 7) is 1.54. The van der Waals surface area contributed by atoms with Gasteiger partial charge in [-0.2, -0.15) is 5.10 Å². The molecule has 10 heteroatoms. The van der Waals surface area contributed by atoms with E-state index in [-0.39, 0.29) is 11.7 Å². The highest BCUT2D eigenvalue weighted by Gasteiger charge is 2.21. The van der Waals surface area contributed by atoms with Crippen molar-refractivity contribution in [2.24, 2.45) is 7.05 Å². The maximum absolute atomic E-state index is 12.6. The fourth-order valence-corrected chi connectivity index (χ4v) is 2.99. The molecular weight excluding hydrogens is 358 g/mol. The zero-order valence-electron chi connectivity index (χ0n) is 15.1. The highest BCUT2D eigenvalue weighted by Crippen LogP contribution is 2.29. The minimum atomic E-state index is -3.43. The third kappa shape index (κ3) is 4.73. The topological polar surface area (TPSA) is 114 Å². The summed E-state index contributed by atoms with van der Waals surface area (Å²) in [6, 6.07) is 4.12. The second kappa shape index (κ2) is 8.19. The number of nitrogens with one attached hydrogen (secondary N) is 3. The van der Waals surface area contributed by atoms with E-state index in [9.17, 15) is 13.2 Å². The Balaban J connectivity index is 2.19. The molecule has 142 valence electrons. The smallest absolute Gasteiger partial charge is 0.246 e. The summed E-state index contributed by atoms with van der Waals surface area (Å²) in [7, 11) is 1.45. The second-order valence-corrected chi connectivity index (χ2v) is 7.59. The van der Waals surface area contributed by atoms with Crippen LogP contribution in [0, 0.1) is 0 Å². The van der Waals surface area contributed by atoms with Crippen LogP contribution in [0.15, 0.2) is 30.6 Å². The summed E-state index contributed by atoms with van der Waals surface area (Å²) in [5.41, 5.74) is 1.52. The second-order valence-electron chi connectivity index (χ2n) is 5.58. The Morgan fingerprint density at radius 2 is 2.12 bits per heavy atom. The molecule has 26 heavy (non-hydrogen) atoms. The summed E-state index contributed by atoms with van der Waals surface area (Å²) in [6.07, 6.45) is 3.37. The average Bonchev–Trinajstić information content (AvgIpc) is 3.02. The molecule has 1 atom stereocenters. The van der Waals surface area contributed by atoms with Crippen LogP contribution in [0.25, 0.3) is 0 Å². The number of hydrogen-bond donors (Lipinski definition) is 3. The molecule has 0 radical (unpaired) electrons. The van der Waals surface area contributed by atoms with Crippen molar-refractivity contribution in [2.75, 3.05) is 29.9 Å². The number of nitrogens with zero attached hydrogens (tertiary/aromatic N) is 2. The van der Waals surface area contributed by atoms with Crippen LogP contribution in [0.2, 0.25) is 0 Å². The van der Waals surface area contributed by atoms with Crippen LogP contribution in [0.3, 0.4) is 0 Å². The number of sulfonamides is 1. The molecule has 1 heterocycles. The molecule has 0 fully saturated rings. The molecule has 1 aromatic heterocycles. The Hall–Kier alpha value is -2.59. The van der Waals surface area contributed by atoms with Crippen molar-refractivity contribution in [1.82, 2.24) is 15.1 Å². The van der Waals surface area contributed by atoms with Crippen molar-refractivity contribution in [2.45, 2.75) is 13.0 Å². The van der Waals surface area contributed by atoms with Gasteiger partial charge in [-0.1, -0.05) is 0 Å². The number of hydrogen-bond acceptors (Lipinski definition) is 6. The molecule has 2 rings (SSSR count). The maximum Gasteiger partial charge on any atom is 0.246 e. The summed E-state index contributed by atoms with van der Waals surface area (Å²) in [5.74, 6) is -0.0180. The van der Waals surface area contributed by atoms with Crippen molar-refractivity contribution < 1.29 is 17.9 Å². The van der Waals surface area contributed by atoms with Gasteiger partial charge in [-0.3, -0.25) is 14.2 Å². The molecule has 0 spiro atoms. The molecule has 0 bridgehead atoms. The van der Waals surface area contributed by atoms with Gasteiger partial charge in [0, 0.05) is 30.6 Å². The van der Waals surface area contributed by atoms with Crippen LogP contribution < -0.4 is 20.1 Å². The standard InChI is InChI=1S/C16H23N5O4S/c1-5-26(23,24)20-13-7-6-12(8-14(13)25-4)19-16(22)15(17-2)11-9-18-21(3)10-11/h6-10,15,17,20H,5H2,1-4H3,(H,19,22). The molecule has 0 aliphatic carbocycles. The first-order valence-corrected chi connectivity index (χ1v) is 9.60. The summed E-state index contributed by atoms with van der Waals surface area (Å²) in [5, 5.41) is 9.79. The lowest BCUT2D eigenvalue weighted by atomic mass is 10.1. The molecule has 1 aromatic carbocycles. The molecular formula is C16H23N5O4S. The molecule has 0 aliphatic rings. The lowest BCUT2D eigenvalue weighted by Crippen LogP contribution is -2.30. The van der Waals surface area contributed by atoms with E-state index < -0.39 is 16.1 Å². The van der Waals surface area contributed by atoms with Crippen LogP contribution >= 0.6 is 0 Å². The minimum Gasteiger partial charge on any atom is -0.494 e. The van der Waals surface area contributed by atoms with E-state index >= 15 is 0 Å². The van der Waals surface area contributed by atoms with Gasteiger partial charge < -0.3 is 15.4 Å². The van der Waals surface area contributed by atoms with Gasteiger partial charge in [-0.15, -0.1) is 0 Å². The van der Waals surface area contributed by atoms with Crippen molar-refractivity contribution >= 4 is 27.3 Å². The number of carbonyl (C=O) groups excluding carboxylic acids is 1. The van der Waals surface area contributed by atoms with Gasteiger partial charge in [0.25, 0.3) is 0 Å². The van der Waals surface area contributed by atoms with Crippen molar-refractivity contribution in [3.63, 3.8) is 0 Å². The maximum atomic E-state index is 12.6. The highest BCUT2D eigenvalue weighted by molar-refractivity contribution is 7.92. The molecule has 0 aliphatic heterocycles. The summed E-state index contributed by atoms with van der Waals surface area (Å²) < 4.78 is 32.8. The Kier molecular flexibility index (Phi) is 6.22. The SMILES string of the molecule is CCS(=O)(=O)Nc1ccc(NC(=O)C(NC)c2cnn(C)c2)cc1OC. The van der Waals surface area contributed by atoms with Gasteiger partial charge in [0.05, 0.1) is 24.7 Å². The first-order chi connectivity index (χ1) is 12.3. The first-order valence-electron chi connectivity index (χ1n) is 7.94. The molecule has 9 nitrogen and oxygen atoms in total. The van der Waals surface area contributed by atoms with Crippen LogP contribution in [0.4, 0.5) is 11.4 Å². The minimum absolute atomic E-state index is 0.0520. The third-order valence-corrected chi connectivity index (χ3v) is 5.01. The highest BCUT2D eigenvalue weighted by atomic mass is 32.2. The van der Waals surface area contributed by atoms with Crippen LogP contribution in [0.1, 0.15) is 18.5 Å². The van der Waals surface area contributed by atoms with Crippen molar-refractivity contribution in [1.29, 1.82) is 0 Å². The van der Waals surface area contributed by atoms with Gasteiger partial charge in [-0.25, -0.2) is 8.42 Å². The van der Waals surface area contributed by atoms with Crippen molar-refractivity contribution in [3.05, 3.63) is 36.2 Å². The number of methoxy groups -OCH3 is 1.